The maximum absolute atomic E-state index is 5.43. The van der Waals surface area contributed by atoms with Gasteiger partial charge in [-0.25, -0.2) is 0 Å². The molecule has 0 saturated heterocycles. The molecule has 1 aromatic carbocycles. The zero-order chi connectivity index (χ0) is 14.6. The Morgan fingerprint density at radius 1 is 0.800 bits per heavy atom. The molecule has 1 aromatic rings. The first kappa shape index (κ1) is 16.9. The summed E-state index contributed by atoms with van der Waals surface area (Å²) in [4.78, 5) is 0. The van der Waals surface area contributed by atoms with Gasteiger partial charge in [0.15, 0.2) is 0 Å². The molecule has 0 aliphatic heterocycles. The van der Waals surface area contributed by atoms with Crippen LogP contribution < -0.4 is 9.47 Å². The summed E-state index contributed by atoms with van der Waals surface area (Å²) in [7, 11) is 3.42. The molecule has 0 N–H and O–H groups in total. The minimum atomic E-state index is 0.863. The van der Waals surface area contributed by atoms with Crippen molar-refractivity contribution < 1.29 is 9.47 Å². The van der Waals surface area contributed by atoms with Crippen LogP contribution in [0.25, 0.3) is 0 Å². The number of aryl methyl sites for hydroxylation is 1. The van der Waals surface area contributed by atoms with Crippen LogP contribution in [0.4, 0.5) is 0 Å². The van der Waals surface area contributed by atoms with Gasteiger partial charge in [-0.1, -0.05) is 57.9 Å². The van der Waals surface area contributed by atoms with Crippen molar-refractivity contribution in [3.8, 4) is 11.5 Å². The number of methoxy groups -OCH3 is 2. The van der Waals surface area contributed by atoms with Gasteiger partial charge >= 0.3 is 0 Å². The highest BCUT2D eigenvalue weighted by atomic mass is 16.5. The van der Waals surface area contributed by atoms with Crippen molar-refractivity contribution in [1.82, 2.24) is 0 Å². The quantitative estimate of drug-likeness (QED) is 0.505. The topological polar surface area (TPSA) is 18.5 Å². The first-order chi connectivity index (χ1) is 9.81. The maximum Gasteiger partial charge on any atom is 0.125 e. The molecule has 0 heterocycles. The van der Waals surface area contributed by atoms with Crippen molar-refractivity contribution in [3.63, 3.8) is 0 Å². The molecule has 0 bridgehead atoms. The molecule has 0 spiro atoms. The Hall–Kier alpha value is -1.18. The number of hydrogen-bond donors (Lipinski definition) is 0. The number of unbranched alkanes of at least 4 members (excludes halogenated alkanes) is 7. The fraction of sp³-hybridized carbons (Fsp3) is 0.667. The van der Waals surface area contributed by atoms with E-state index in [1.54, 1.807) is 14.2 Å². The molecule has 114 valence electrons. The summed E-state index contributed by atoms with van der Waals surface area (Å²) in [5.74, 6) is 1.81. The average Bonchev–Trinajstić information content (AvgIpc) is 2.50. The molecule has 0 aliphatic rings. The lowest BCUT2D eigenvalue weighted by Crippen LogP contribution is -1.94. The second-order valence-electron chi connectivity index (χ2n) is 5.40. The molecular weight excluding hydrogens is 248 g/mol. The molecule has 0 atom stereocenters. The van der Waals surface area contributed by atoms with Crippen LogP contribution in [0.15, 0.2) is 18.2 Å². The smallest absolute Gasteiger partial charge is 0.125 e. The number of benzene rings is 1. The zero-order valence-electron chi connectivity index (χ0n) is 13.4. The van der Waals surface area contributed by atoms with E-state index in [0.717, 1.165) is 17.9 Å². The van der Waals surface area contributed by atoms with E-state index in [4.69, 9.17) is 9.47 Å². The normalized spacial score (nSPS) is 10.6. The molecule has 2 heteroatoms. The summed E-state index contributed by atoms with van der Waals surface area (Å²) < 4.78 is 10.7. The van der Waals surface area contributed by atoms with E-state index < -0.39 is 0 Å². The van der Waals surface area contributed by atoms with Crippen molar-refractivity contribution in [2.75, 3.05) is 14.2 Å². The molecule has 0 aromatic heterocycles. The molecule has 0 aliphatic carbocycles. The largest absolute Gasteiger partial charge is 0.497 e. The van der Waals surface area contributed by atoms with Gasteiger partial charge in [0.05, 0.1) is 14.2 Å². The molecule has 0 radical (unpaired) electrons. The number of rotatable bonds is 11. The van der Waals surface area contributed by atoms with E-state index >= 15 is 0 Å². The average molecular weight is 278 g/mol. The predicted octanol–water partition coefficient (Wildman–Crippen LogP) is 5.39. The van der Waals surface area contributed by atoms with Crippen molar-refractivity contribution in [3.05, 3.63) is 23.8 Å². The summed E-state index contributed by atoms with van der Waals surface area (Å²) >= 11 is 0. The zero-order valence-corrected chi connectivity index (χ0v) is 13.4. The second-order valence-corrected chi connectivity index (χ2v) is 5.40. The summed E-state index contributed by atoms with van der Waals surface area (Å²) in [6, 6.07) is 6.11. The van der Waals surface area contributed by atoms with Crippen molar-refractivity contribution in [1.29, 1.82) is 0 Å². The summed E-state index contributed by atoms with van der Waals surface area (Å²) in [6.07, 6.45) is 11.9. The van der Waals surface area contributed by atoms with Crippen molar-refractivity contribution in [2.45, 2.75) is 64.7 Å². The van der Waals surface area contributed by atoms with E-state index in [0.29, 0.717) is 0 Å². The third-order valence-electron chi connectivity index (χ3n) is 3.79. The lowest BCUT2D eigenvalue weighted by Gasteiger charge is -2.10. The summed E-state index contributed by atoms with van der Waals surface area (Å²) in [5.41, 5.74) is 1.29. The van der Waals surface area contributed by atoms with E-state index in [2.05, 4.69) is 13.0 Å². The fourth-order valence-electron chi connectivity index (χ4n) is 2.51. The summed E-state index contributed by atoms with van der Waals surface area (Å²) in [6.45, 7) is 2.27. The summed E-state index contributed by atoms with van der Waals surface area (Å²) in [5, 5.41) is 0. The molecule has 1 rings (SSSR count). The van der Waals surface area contributed by atoms with Crippen LogP contribution in [0.2, 0.25) is 0 Å². The highest BCUT2D eigenvalue weighted by Crippen LogP contribution is 2.26. The monoisotopic (exact) mass is 278 g/mol. The van der Waals surface area contributed by atoms with Crippen LogP contribution in [0, 0.1) is 0 Å². The Labute approximate surface area is 124 Å². The van der Waals surface area contributed by atoms with Crippen LogP contribution in [0.1, 0.15) is 63.9 Å². The van der Waals surface area contributed by atoms with Crippen molar-refractivity contribution in [2.24, 2.45) is 0 Å². The van der Waals surface area contributed by atoms with E-state index in [-0.39, 0.29) is 0 Å². The third-order valence-corrected chi connectivity index (χ3v) is 3.79. The van der Waals surface area contributed by atoms with Crippen LogP contribution in [0.3, 0.4) is 0 Å². The Morgan fingerprint density at radius 3 is 2.05 bits per heavy atom. The lowest BCUT2D eigenvalue weighted by molar-refractivity contribution is 0.390. The number of hydrogen-bond acceptors (Lipinski definition) is 2. The highest BCUT2D eigenvalue weighted by Gasteiger charge is 2.04. The lowest BCUT2D eigenvalue weighted by atomic mass is 10.0. The standard InChI is InChI=1S/C18H30O2/c1-4-5-6-7-8-9-10-11-12-16-13-14-17(19-2)15-18(16)20-3/h13-15H,4-12H2,1-3H3. The van der Waals surface area contributed by atoms with Gasteiger partial charge in [-0.05, 0) is 24.5 Å². The molecule has 20 heavy (non-hydrogen) atoms. The fourth-order valence-corrected chi connectivity index (χ4v) is 2.51. The van der Waals surface area contributed by atoms with Gasteiger partial charge < -0.3 is 9.47 Å². The second kappa shape index (κ2) is 10.6. The van der Waals surface area contributed by atoms with Crippen LogP contribution >= 0.6 is 0 Å². The van der Waals surface area contributed by atoms with Gasteiger partial charge in [-0.15, -0.1) is 0 Å². The highest BCUT2D eigenvalue weighted by molar-refractivity contribution is 5.40. The van der Waals surface area contributed by atoms with Crippen molar-refractivity contribution >= 4 is 0 Å². The number of ether oxygens (including phenoxy) is 2. The Balaban J connectivity index is 2.21. The molecule has 0 saturated carbocycles. The van der Waals surface area contributed by atoms with E-state index in [1.165, 1.54) is 56.9 Å². The van der Waals surface area contributed by atoms with E-state index in [1.807, 2.05) is 12.1 Å². The first-order valence-corrected chi connectivity index (χ1v) is 8.02. The van der Waals surface area contributed by atoms with Crippen LogP contribution in [0.5, 0.6) is 11.5 Å². The van der Waals surface area contributed by atoms with Gasteiger partial charge in [-0.2, -0.15) is 0 Å². The van der Waals surface area contributed by atoms with Gasteiger partial charge in [0.1, 0.15) is 11.5 Å². The third kappa shape index (κ3) is 6.31. The van der Waals surface area contributed by atoms with E-state index in [9.17, 15) is 0 Å². The van der Waals surface area contributed by atoms with Crippen LogP contribution in [-0.2, 0) is 6.42 Å². The van der Waals surface area contributed by atoms with Gasteiger partial charge in [0, 0.05) is 6.07 Å². The Morgan fingerprint density at radius 2 is 1.45 bits per heavy atom. The maximum atomic E-state index is 5.43. The molecular formula is C18H30O2. The minimum Gasteiger partial charge on any atom is -0.497 e. The van der Waals surface area contributed by atoms with Gasteiger partial charge in [-0.3, -0.25) is 0 Å². The predicted molar refractivity (Wildman–Crippen MR) is 85.9 cm³/mol. The van der Waals surface area contributed by atoms with Gasteiger partial charge in [0.25, 0.3) is 0 Å². The Kier molecular flexibility index (Phi) is 8.93. The minimum absolute atomic E-state index is 0.863. The molecule has 2 nitrogen and oxygen atoms in total. The SMILES string of the molecule is CCCCCCCCCCc1ccc(OC)cc1OC. The van der Waals surface area contributed by atoms with Crippen LogP contribution in [-0.4, -0.2) is 14.2 Å². The van der Waals surface area contributed by atoms with Gasteiger partial charge in [0.2, 0.25) is 0 Å². The molecule has 0 unspecified atom stereocenters. The molecule has 0 fully saturated rings. The Bertz CT molecular complexity index is 360. The molecule has 0 amide bonds. The first-order valence-electron chi connectivity index (χ1n) is 8.02.